The highest BCUT2D eigenvalue weighted by Crippen LogP contribution is 2.30. The van der Waals surface area contributed by atoms with Crippen molar-refractivity contribution < 1.29 is 4.74 Å². The molecule has 7 nitrogen and oxygen atoms in total. The van der Waals surface area contributed by atoms with Crippen LogP contribution in [0, 0.1) is 6.92 Å². The molecule has 0 bridgehead atoms. The van der Waals surface area contributed by atoms with Crippen molar-refractivity contribution in [3.63, 3.8) is 0 Å². The molecule has 126 valence electrons. The van der Waals surface area contributed by atoms with Crippen LogP contribution in [0.2, 0.25) is 5.28 Å². The first-order chi connectivity index (χ1) is 11.6. The second-order valence-corrected chi connectivity index (χ2v) is 6.47. The lowest BCUT2D eigenvalue weighted by Crippen LogP contribution is -2.44. The molecule has 0 radical (unpaired) electrons. The average molecular weight is 347 g/mol. The Hall–Kier alpha value is -2.12. The molecule has 1 fully saturated rings. The number of ether oxygens (including phenoxy) is 1. The quantitative estimate of drug-likeness (QED) is 0.666. The van der Waals surface area contributed by atoms with Gasteiger partial charge < -0.3 is 9.64 Å². The molecule has 1 aliphatic heterocycles. The van der Waals surface area contributed by atoms with E-state index in [1.165, 1.54) is 0 Å². The summed E-state index contributed by atoms with van der Waals surface area (Å²) >= 11 is 6.24. The van der Waals surface area contributed by atoms with Crippen LogP contribution in [-0.4, -0.2) is 50.1 Å². The molecule has 4 heterocycles. The van der Waals surface area contributed by atoms with Crippen molar-refractivity contribution in [2.45, 2.75) is 19.9 Å². The highest BCUT2D eigenvalue weighted by Gasteiger charge is 2.24. The molecule has 0 aliphatic carbocycles. The van der Waals surface area contributed by atoms with Crippen LogP contribution >= 0.6 is 11.6 Å². The fraction of sp³-hybridized carbons (Fsp3) is 0.438. The number of aryl methyl sites for hydroxylation is 2. The molecule has 3 aromatic heterocycles. The fourth-order valence-corrected chi connectivity index (χ4v) is 3.45. The van der Waals surface area contributed by atoms with Crippen molar-refractivity contribution in [1.82, 2.24) is 24.3 Å². The van der Waals surface area contributed by atoms with Gasteiger partial charge in [-0.25, -0.2) is 0 Å². The molecule has 0 unspecified atom stereocenters. The van der Waals surface area contributed by atoms with Gasteiger partial charge in [-0.05, 0) is 31.5 Å². The normalized spacial score (nSPS) is 18.5. The molecule has 3 aromatic rings. The average Bonchev–Trinajstić information content (AvgIpc) is 3.10. The molecule has 8 heteroatoms. The van der Waals surface area contributed by atoms with Crippen LogP contribution in [0.25, 0.3) is 16.9 Å². The Morgan fingerprint density at radius 3 is 2.88 bits per heavy atom. The number of halogens is 1. The van der Waals surface area contributed by atoms with Gasteiger partial charge in [0.15, 0.2) is 5.65 Å². The molecule has 1 saturated heterocycles. The first-order valence-corrected chi connectivity index (χ1v) is 8.32. The van der Waals surface area contributed by atoms with Gasteiger partial charge in [0.05, 0.1) is 30.8 Å². The Bertz CT molecular complexity index is 882. The van der Waals surface area contributed by atoms with Crippen molar-refractivity contribution >= 4 is 28.5 Å². The zero-order valence-electron chi connectivity index (χ0n) is 13.9. The number of nitrogens with zero attached hydrogens (tertiary/aromatic N) is 6. The number of morpholine rings is 1. The molecule has 0 aromatic carbocycles. The minimum atomic E-state index is 0.245. The Morgan fingerprint density at radius 1 is 1.33 bits per heavy atom. The maximum Gasteiger partial charge on any atom is 0.226 e. The molecule has 0 spiro atoms. The van der Waals surface area contributed by atoms with Crippen molar-refractivity contribution in [1.29, 1.82) is 0 Å². The van der Waals surface area contributed by atoms with E-state index in [9.17, 15) is 0 Å². The summed E-state index contributed by atoms with van der Waals surface area (Å²) in [6.07, 6.45) is 3.84. The van der Waals surface area contributed by atoms with E-state index in [0.29, 0.717) is 13.2 Å². The maximum atomic E-state index is 6.24. The minimum Gasteiger partial charge on any atom is -0.377 e. The van der Waals surface area contributed by atoms with E-state index >= 15 is 0 Å². The van der Waals surface area contributed by atoms with E-state index in [0.717, 1.165) is 34.8 Å². The van der Waals surface area contributed by atoms with E-state index in [1.54, 1.807) is 0 Å². The van der Waals surface area contributed by atoms with Crippen LogP contribution in [0.3, 0.4) is 0 Å². The molecule has 0 saturated carbocycles. The third kappa shape index (κ3) is 2.35. The molecule has 1 aliphatic rings. The third-order valence-corrected chi connectivity index (χ3v) is 4.62. The lowest BCUT2D eigenvalue weighted by molar-refractivity contribution is 0.0987. The van der Waals surface area contributed by atoms with Crippen molar-refractivity contribution in [2.24, 2.45) is 7.05 Å². The van der Waals surface area contributed by atoms with Gasteiger partial charge in [0.1, 0.15) is 11.6 Å². The summed E-state index contributed by atoms with van der Waals surface area (Å²) in [6.45, 7) is 6.32. The van der Waals surface area contributed by atoms with Crippen LogP contribution in [0.4, 0.5) is 5.82 Å². The topological polar surface area (TPSA) is 61.0 Å². The van der Waals surface area contributed by atoms with Gasteiger partial charge in [-0.2, -0.15) is 15.1 Å². The lowest BCUT2D eigenvalue weighted by atomic mass is 10.2. The molecule has 4 rings (SSSR count). The summed E-state index contributed by atoms with van der Waals surface area (Å²) < 4.78 is 9.39. The van der Waals surface area contributed by atoms with Gasteiger partial charge >= 0.3 is 0 Å². The fourth-order valence-electron chi connectivity index (χ4n) is 3.29. The Balaban J connectivity index is 1.92. The van der Waals surface area contributed by atoms with Crippen LogP contribution in [-0.2, 0) is 11.8 Å². The molecular weight excluding hydrogens is 328 g/mol. The van der Waals surface area contributed by atoms with Crippen molar-refractivity contribution in [3.05, 3.63) is 29.3 Å². The second-order valence-electron chi connectivity index (χ2n) is 6.13. The van der Waals surface area contributed by atoms with Crippen molar-refractivity contribution in [3.8, 4) is 5.82 Å². The van der Waals surface area contributed by atoms with Crippen LogP contribution in [0.15, 0.2) is 18.5 Å². The van der Waals surface area contributed by atoms with Gasteiger partial charge in [0.2, 0.25) is 5.28 Å². The van der Waals surface area contributed by atoms with E-state index in [4.69, 9.17) is 16.3 Å². The largest absolute Gasteiger partial charge is 0.377 e. The monoisotopic (exact) mass is 346 g/mol. The second kappa shape index (κ2) is 5.75. The van der Waals surface area contributed by atoms with Crippen LogP contribution in [0.1, 0.15) is 12.5 Å². The van der Waals surface area contributed by atoms with Gasteiger partial charge in [0, 0.05) is 25.4 Å². The summed E-state index contributed by atoms with van der Waals surface area (Å²) in [7, 11) is 1.92. The standard InChI is InChI=1S/C16H19ClN6O/c1-10-8-18-21(3)15(10)23-5-4-12-13(19-16(17)20-14(12)23)22-6-7-24-9-11(22)2/h4-5,8,11H,6-7,9H2,1-3H3/t11-/m1/s1. The van der Waals surface area contributed by atoms with Crippen molar-refractivity contribution in [2.75, 3.05) is 24.7 Å². The number of rotatable bonds is 2. The molecule has 0 amide bonds. The summed E-state index contributed by atoms with van der Waals surface area (Å²) in [5.41, 5.74) is 1.86. The number of aromatic nitrogens is 5. The van der Waals surface area contributed by atoms with Gasteiger partial charge in [0.25, 0.3) is 0 Å². The lowest BCUT2D eigenvalue weighted by Gasteiger charge is -2.34. The number of anilines is 1. The highest BCUT2D eigenvalue weighted by atomic mass is 35.5. The summed E-state index contributed by atoms with van der Waals surface area (Å²) in [5.74, 6) is 1.83. The van der Waals surface area contributed by atoms with Crippen LogP contribution in [0.5, 0.6) is 0 Å². The molecule has 0 N–H and O–H groups in total. The van der Waals surface area contributed by atoms with Crippen LogP contribution < -0.4 is 4.90 Å². The number of fused-ring (bicyclic) bond motifs is 1. The molecule has 1 atom stereocenters. The summed E-state index contributed by atoms with van der Waals surface area (Å²) in [5, 5.41) is 5.54. The van der Waals surface area contributed by atoms with E-state index < -0.39 is 0 Å². The number of hydrogen-bond donors (Lipinski definition) is 0. The summed E-state index contributed by atoms with van der Waals surface area (Å²) in [6, 6.07) is 2.28. The Labute approximate surface area is 144 Å². The third-order valence-electron chi connectivity index (χ3n) is 4.45. The molecule has 24 heavy (non-hydrogen) atoms. The predicted molar refractivity (Wildman–Crippen MR) is 93.0 cm³/mol. The zero-order chi connectivity index (χ0) is 16.8. The summed E-state index contributed by atoms with van der Waals surface area (Å²) in [4.78, 5) is 11.2. The highest BCUT2D eigenvalue weighted by molar-refractivity contribution is 6.28. The molecular formula is C16H19ClN6O. The SMILES string of the molecule is Cc1cnn(C)c1-n1ccc2c(N3CCOC[C@H]3C)nc(Cl)nc21. The Kier molecular flexibility index (Phi) is 3.69. The Morgan fingerprint density at radius 2 is 2.17 bits per heavy atom. The van der Waals surface area contributed by atoms with Gasteiger partial charge in [-0.15, -0.1) is 0 Å². The number of hydrogen-bond acceptors (Lipinski definition) is 5. The zero-order valence-corrected chi connectivity index (χ0v) is 14.7. The minimum absolute atomic E-state index is 0.245. The smallest absolute Gasteiger partial charge is 0.226 e. The van der Waals surface area contributed by atoms with Gasteiger partial charge in [-0.3, -0.25) is 9.25 Å². The van der Waals surface area contributed by atoms with E-state index in [2.05, 4.69) is 26.9 Å². The predicted octanol–water partition coefficient (Wildman–Crippen LogP) is 2.34. The van der Waals surface area contributed by atoms with Gasteiger partial charge in [-0.1, -0.05) is 0 Å². The maximum absolute atomic E-state index is 6.24. The van der Waals surface area contributed by atoms with E-state index in [1.807, 2.05) is 41.7 Å². The van der Waals surface area contributed by atoms with E-state index in [-0.39, 0.29) is 11.3 Å². The first kappa shape index (κ1) is 15.4. The first-order valence-electron chi connectivity index (χ1n) is 7.94.